The molecule has 184 valence electrons. The van der Waals surface area contributed by atoms with Crippen LogP contribution in [-0.4, -0.2) is 52.4 Å². The molecule has 0 radical (unpaired) electrons. The lowest BCUT2D eigenvalue weighted by atomic mass is 10.1. The zero-order valence-corrected chi connectivity index (χ0v) is 20.5. The minimum absolute atomic E-state index is 0.0621. The summed E-state index contributed by atoms with van der Waals surface area (Å²) in [6.07, 6.45) is 0. The van der Waals surface area contributed by atoms with Crippen LogP contribution in [0.4, 0.5) is 5.69 Å². The topological polar surface area (TPSA) is 109 Å². The Kier molecular flexibility index (Phi) is 8.69. The summed E-state index contributed by atoms with van der Waals surface area (Å²) in [4.78, 5) is 38.7. The zero-order valence-electron chi connectivity index (χ0n) is 19.7. The molecule has 0 bridgehead atoms. The van der Waals surface area contributed by atoms with E-state index in [4.69, 9.17) is 23.7 Å². The molecule has 1 amide bonds. The van der Waals surface area contributed by atoms with Gasteiger partial charge in [-0.25, -0.2) is 9.59 Å². The number of nitrogens with one attached hydrogen (secondary N) is 1. The monoisotopic (exact) mass is 499 g/mol. The van der Waals surface area contributed by atoms with Gasteiger partial charge in [0.05, 0.1) is 33.6 Å². The van der Waals surface area contributed by atoms with Crippen LogP contribution in [0.5, 0.6) is 17.2 Å². The van der Waals surface area contributed by atoms with E-state index >= 15 is 0 Å². The summed E-state index contributed by atoms with van der Waals surface area (Å²) < 4.78 is 26.1. The van der Waals surface area contributed by atoms with Gasteiger partial charge in [0.2, 0.25) is 5.75 Å². The summed E-state index contributed by atoms with van der Waals surface area (Å²) in [5.74, 6) is -1.26. The molecule has 3 rings (SSSR count). The largest absolute Gasteiger partial charge is 0.493 e. The Morgan fingerprint density at radius 1 is 0.857 bits per heavy atom. The molecule has 1 heterocycles. The van der Waals surface area contributed by atoms with Crippen LogP contribution in [0, 0.1) is 0 Å². The fraction of sp³-hybridized carbons (Fsp3) is 0.240. The maximum Gasteiger partial charge on any atom is 0.350 e. The molecule has 0 saturated heterocycles. The van der Waals surface area contributed by atoms with Crippen LogP contribution in [0.2, 0.25) is 0 Å². The standard InChI is InChI=1S/C25H25NO8S/c1-5-33-25(29)23-17(13-19(35-23)15-9-7-6-8-10-15)26-20(27)14-34-24(28)16-11-12-18(30-2)22(32-4)21(16)31-3/h6-13H,5,14H2,1-4H3,(H,26,27). The molecule has 35 heavy (non-hydrogen) atoms. The Bertz CT molecular complexity index is 1210. The number of benzene rings is 2. The number of amides is 1. The molecular formula is C25H25NO8S. The van der Waals surface area contributed by atoms with Crippen LogP contribution in [0.1, 0.15) is 27.0 Å². The average Bonchev–Trinajstić information content (AvgIpc) is 3.30. The Morgan fingerprint density at radius 3 is 2.20 bits per heavy atom. The quantitative estimate of drug-likeness (QED) is 0.409. The van der Waals surface area contributed by atoms with Crippen molar-refractivity contribution in [2.45, 2.75) is 6.92 Å². The number of thiophene rings is 1. The SMILES string of the molecule is CCOC(=O)c1sc(-c2ccccc2)cc1NC(=O)COC(=O)c1ccc(OC)c(OC)c1OC. The third-order valence-corrected chi connectivity index (χ3v) is 5.95. The number of carbonyl (C=O) groups is 3. The first-order valence-corrected chi connectivity index (χ1v) is 11.4. The normalized spacial score (nSPS) is 10.3. The second-order valence-corrected chi connectivity index (χ2v) is 8.00. The van der Waals surface area contributed by atoms with E-state index in [1.54, 1.807) is 13.0 Å². The Hall–Kier alpha value is -4.05. The molecule has 1 N–H and O–H groups in total. The predicted octanol–water partition coefficient (Wildman–Crippen LogP) is 4.41. The van der Waals surface area contributed by atoms with Gasteiger partial charge in [0.1, 0.15) is 10.4 Å². The predicted molar refractivity (Wildman–Crippen MR) is 131 cm³/mol. The Labute approximate surface area is 206 Å². The lowest BCUT2D eigenvalue weighted by Crippen LogP contribution is -2.22. The lowest BCUT2D eigenvalue weighted by Gasteiger charge is -2.15. The van der Waals surface area contributed by atoms with Crippen LogP contribution in [-0.2, 0) is 14.3 Å². The van der Waals surface area contributed by atoms with E-state index in [0.717, 1.165) is 10.4 Å². The van der Waals surface area contributed by atoms with Crippen molar-refractivity contribution < 1.29 is 38.1 Å². The number of anilines is 1. The van der Waals surface area contributed by atoms with Gasteiger partial charge >= 0.3 is 11.9 Å². The van der Waals surface area contributed by atoms with E-state index in [0.29, 0.717) is 5.75 Å². The van der Waals surface area contributed by atoms with E-state index in [2.05, 4.69) is 5.32 Å². The van der Waals surface area contributed by atoms with Crippen LogP contribution >= 0.6 is 11.3 Å². The average molecular weight is 500 g/mol. The van der Waals surface area contributed by atoms with Crippen molar-refractivity contribution in [3.63, 3.8) is 0 Å². The first kappa shape index (κ1) is 25.6. The molecule has 0 fully saturated rings. The fourth-order valence-electron chi connectivity index (χ4n) is 3.23. The van der Waals surface area contributed by atoms with E-state index in [1.807, 2.05) is 30.3 Å². The summed E-state index contributed by atoms with van der Waals surface area (Å²) in [5.41, 5.74) is 1.22. The molecule has 0 saturated carbocycles. The maximum atomic E-state index is 12.6. The van der Waals surface area contributed by atoms with Gasteiger partial charge < -0.3 is 29.0 Å². The third kappa shape index (κ3) is 5.90. The highest BCUT2D eigenvalue weighted by molar-refractivity contribution is 7.18. The van der Waals surface area contributed by atoms with Crippen LogP contribution in [0.25, 0.3) is 10.4 Å². The maximum absolute atomic E-state index is 12.6. The van der Waals surface area contributed by atoms with E-state index in [-0.39, 0.29) is 34.2 Å². The van der Waals surface area contributed by atoms with Gasteiger partial charge in [0.25, 0.3) is 5.91 Å². The van der Waals surface area contributed by atoms with Gasteiger partial charge in [-0.3, -0.25) is 4.79 Å². The van der Waals surface area contributed by atoms with E-state index in [1.165, 1.54) is 44.8 Å². The van der Waals surface area contributed by atoms with E-state index in [9.17, 15) is 14.4 Å². The van der Waals surface area contributed by atoms with Gasteiger partial charge in [-0.15, -0.1) is 11.3 Å². The van der Waals surface area contributed by atoms with Crippen molar-refractivity contribution in [1.82, 2.24) is 0 Å². The minimum atomic E-state index is -0.793. The zero-order chi connectivity index (χ0) is 25.4. The van der Waals surface area contributed by atoms with Crippen molar-refractivity contribution in [2.24, 2.45) is 0 Å². The number of hydrogen-bond donors (Lipinski definition) is 1. The molecule has 9 nitrogen and oxygen atoms in total. The Morgan fingerprint density at radius 2 is 1.57 bits per heavy atom. The summed E-state index contributed by atoms with van der Waals surface area (Å²) in [6, 6.07) is 14.1. The molecule has 0 spiro atoms. The van der Waals surface area contributed by atoms with E-state index < -0.39 is 24.5 Å². The van der Waals surface area contributed by atoms with Crippen molar-refractivity contribution in [2.75, 3.05) is 39.9 Å². The summed E-state index contributed by atoms with van der Waals surface area (Å²) in [7, 11) is 4.24. The lowest BCUT2D eigenvalue weighted by molar-refractivity contribution is -0.119. The molecule has 2 aromatic carbocycles. The summed E-state index contributed by atoms with van der Waals surface area (Å²) in [5, 5.41) is 2.63. The first-order chi connectivity index (χ1) is 16.9. The van der Waals surface area contributed by atoms with Crippen molar-refractivity contribution in [3.05, 3.63) is 59.0 Å². The molecule has 0 aliphatic carbocycles. The minimum Gasteiger partial charge on any atom is -0.493 e. The smallest absolute Gasteiger partial charge is 0.350 e. The Balaban J connectivity index is 1.76. The second kappa shape index (κ2) is 11.9. The molecule has 0 atom stereocenters. The number of hydrogen-bond acceptors (Lipinski definition) is 9. The highest BCUT2D eigenvalue weighted by Gasteiger charge is 2.24. The number of carbonyl (C=O) groups excluding carboxylic acids is 3. The first-order valence-electron chi connectivity index (χ1n) is 10.6. The van der Waals surface area contributed by atoms with Crippen molar-refractivity contribution in [1.29, 1.82) is 0 Å². The summed E-state index contributed by atoms with van der Waals surface area (Å²) >= 11 is 1.20. The van der Waals surface area contributed by atoms with Crippen molar-refractivity contribution in [3.8, 4) is 27.7 Å². The molecule has 1 aromatic heterocycles. The van der Waals surface area contributed by atoms with Crippen LogP contribution in [0.15, 0.2) is 48.5 Å². The molecule has 10 heteroatoms. The fourth-order valence-corrected chi connectivity index (χ4v) is 4.25. The highest BCUT2D eigenvalue weighted by atomic mass is 32.1. The van der Waals surface area contributed by atoms with Gasteiger partial charge in [-0.2, -0.15) is 0 Å². The summed E-state index contributed by atoms with van der Waals surface area (Å²) in [6.45, 7) is 1.30. The molecule has 0 aliphatic heterocycles. The number of rotatable bonds is 10. The molecule has 3 aromatic rings. The van der Waals surface area contributed by atoms with Crippen molar-refractivity contribution >= 4 is 34.9 Å². The van der Waals surface area contributed by atoms with Crippen LogP contribution in [0.3, 0.4) is 0 Å². The molecular weight excluding hydrogens is 474 g/mol. The second-order valence-electron chi connectivity index (χ2n) is 6.95. The van der Waals surface area contributed by atoms with Crippen LogP contribution < -0.4 is 19.5 Å². The highest BCUT2D eigenvalue weighted by Crippen LogP contribution is 2.40. The number of esters is 2. The number of methoxy groups -OCH3 is 3. The van der Waals surface area contributed by atoms with Gasteiger partial charge in [0, 0.05) is 4.88 Å². The molecule has 0 unspecified atom stereocenters. The third-order valence-electron chi connectivity index (χ3n) is 4.78. The number of ether oxygens (including phenoxy) is 5. The van der Waals surface area contributed by atoms with Gasteiger partial charge in [-0.05, 0) is 30.7 Å². The van der Waals surface area contributed by atoms with Gasteiger partial charge in [0.15, 0.2) is 18.1 Å². The van der Waals surface area contributed by atoms with Gasteiger partial charge in [-0.1, -0.05) is 30.3 Å². The molecule has 0 aliphatic rings.